The van der Waals surface area contributed by atoms with Crippen molar-refractivity contribution < 1.29 is 9.53 Å². The largest absolute Gasteiger partial charge is 0.494 e. The summed E-state index contributed by atoms with van der Waals surface area (Å²) in [6, 6.07) is 9.89. The van der Waals surface area contributed by atoms with Crippen molar-refractivity contribution in [2.24, 2.45) is 0 Å². The highest BCUT2D eigenvalue weighted by molar-refractivity contribution is 7.22. The summed E-state index contributed by atoms with van der Waals surface area (Å²) in [6.45, 7) is 7.40. The van der Waals surface area contributed by atoms with Gasteiger partial charge in [0, 0.05) is 18.7 Å². The van der Waals surface area contributed by atoms with Crippen molar-refractivity contribution in [3.8, 4) is 5.75 Å². The number of rotatable bonds is 6. The van der Waals surface area contributed by atoms with Crippen LogP contribution in [0.15, 0.2) is 30.3 Å². The number of hydrogen-bond acceptors (Lipinski definition) is 5. The fourth-order valence-corrected chi connectivity index (χ4v) is 4.24. The lowest BCUT2D eigenvalue weighted by molar-refractivity contribution is 0.0984. The summed E-state index contributed by atoms with van der Waals surface area (Å²) in [7, 11) is 5.66. The van der Waals surface area contributed by atoms with Gasteiger partial charge in [-0.1, -0.05) is 35.1 Å². The number of methoxy groups -OCH3 is 1. The monoisotopic (exact) mass is 397 g/mol. The van der Waals surface area contributed by atoms with E-state index in [-0.39, 0.29) is 5.91 Å². The quantitative estimate of drug-likeness (QED) is 0.617. The molecule has 0 atom stereocenters. The number of carbonyl (C=O) groups excluding carboxylic acids is 1. The number of anilines is 1. The summed E-state index contributed by atoms with van der Waals surface area (Å²) in [5, 5.41) is 0.703. The van der Waals surface area contributed by atoms with Crippen LogP contribution in [-0.2, 0) is 0 Å². The fourth-order valence-electron chi connectivity index (χ4n) is 3.16. The van der Waals surface area contributed by atoms with Crippen molar-refractivity contribution in [3.05, 3.63) is 52.6 Å². The van der Waals surface area contributed by atoms with E-state index in [4.69, 9.17) is 9.72 Å². The second-order valence-electron chi connectivity index (χ2n) is 7.34. The number of benzene rings is 2. The van der Waals surface area contributed by atoms with Crippen molar-refractivity contribution in [1.29, 1.82) is 0 Å². The van der Waals surface area contributed by atoms with Crippen LogP contribution in [0.1, 0.15) is 27.0 Å². The highest BCUT2D eigenvalue weighted by Crippen LogP contribution is 2.37. The summed E-state index contributed by atoms with van der Waals surface area (Å²) in [4.78, 5) is 22.1. The highest BCUT2D eigenvalue weighted by Gasteiger charge is 2.24. The molecule has 3 rings (SSSR count). The number of carbonyl (C=O) groups is 1. The van der Waals surface area contributed by atoms with Crippen LogP contribution in [0.5, 0.6) is 5.75 Å². The third-order valence-electron chi connectivity index (χ3n) is 4.77. The molecule has 0 aliphatic heterocycles. The normalized spacial score (nSPS) is 11.2. The summed E-state index contributed by atoms with van der Waals surface area (Å²) in [5.41, 5.74) is 4.79. The Labute approximate surface area is 170 Å². The van der Waals surface area contributed by atoms with Crippen LogP contribution in [0.2, 0.25) is 0 Å². The number of thiazole rings is 1. The Bertz CT molecular complexity index is 1010. The summed E-state index contributed by atoms with van der Waals surface area (Å²) in [5.74, 6) is 0.713. The summed E-state index contributed by atoms with van der Waals surface area (Å²) >= 11 is 1.54. The van der Waals surface area contributed by atoms with Crippen molar-refractivity contribution in [2.45, 2.75) is 20.8 Å². The molecule has 0 radical (unpaired) electrons. The van der Waals surface area contributed by atoms with Gasteiger partial charge in [-0.05, 0) is 58.1 Å². The van der Waals surface area contributed by atoms with Crippen LogP contribution in [0.25, 0.3) is 10.2 Å². The van der Waals surface area contributed by atoms with Crippen LogP contribution in [-0.4, -0.2) is 50.1 Å². The van der Waals surface area contributed by atoms with Gasteiger partial charge >= 0.3 is 0 Å². The summed E-state index contributed by atoms with van der Waals surface area (Å²) in [6.07, 6.45) is 0. The maximum atomic E-state index is 13.4. The number of fused-ring (bicyclic) bond motifs is 1. The predicted molar refractivity (Wildman–Crippen MR) is 117 cm³/mol. The number of ether oxygens (including phenoxy) is 1. The lowest BCUT2D eigenvalue weighted by atomic mass is 10.0. The fraction of sp³-hybridized carbons (Fsp3) is 0.364. The minimum Gasteiger partial charge on any atom is -0.494 e. The standard InChI is InChI=1S/C22H27N3O2S/c1-14-7-9-17(16(3)13-14)21(26)25(12-11-24(4)5)22-23-19-18(27-6)10-8-15(2)20(19)28-22/h7-10,13H,11-12H2,1-6H3. The Morgan fingerprint density at radius 3 is 2.46 bits per heavy atom. The molecule has 3 aromatic rings. The lowest BCUT2D eigenvalue weighted by Crippen LogP contribution is -2.37. The van der Waals surface area contributed by atoms with Gasteiger partial charge in [-0.3, -0.25) is 9.69 Å². The predicted octanol–water partition coefficient (Wildman–Crippen LogP) is 4.44. The molecule has 1 amide bonds. The number of likely N-dealkylation sites (N-methyl/N-ethyl adjacent to an activating group) is 1. The second-order valence-corrected chi connectivity index (χ2v) is 8.31. The van der Waals surface area contributed by atoms with E-state index in [1.54, 1.807) is 23.3 Å². The molecule has 1 aromatic heterocycles. The van der Waals surface area contributed by atoms with Crippen molar-refractivity contribution >= 4 is 32.6 Å². The first-order valence-corrected chi connectivity index (χ1v) is 10.1. The van der Waals surface area contributed by atoms with Crippen LogP contribution in [0.4, 0.5) is 5.13 Å². The van der Waals surface area contributed by atoms with Gasteiger partial charge in [-0.2, -0.15) is 0 Å². The molecule has 0 bridgehead atoms. The molecule has 0 aliphatic carbocycles. The van der Waals surface area contributed by atoms with E-state index in [1.807, 2.05) is 58.3 Å². The van der Waals surface area contributed by atoms with Crippen LogP contribution >= 0.6 is 11.3 Å². The zero-order chi connectivity index (χ0) is 20.4. The average Bonchev–Trinajstić information content (AvgIpc) is 3.08. The van der Waals surface area contributed by atoms with E-state index < -0.39 is 0 Å². The first-order chi connectivity index (χ1) is 13.3. The number of aryl methyl sites for hydroxylation is 3. The van der Waals surface area contributed by atoms with E-state index in [0.717, 1.165) is 39.2 Å². The minimum atomic E-state index is -0.0185. The molecule has 1 heterocycles. The number of nitrogens with zero attached hydrogens (tertiary/aromatic N) is 3. The van der Waals surface area contributed by atoms with Crippen molar-refractivity contribution in [2.75, 3.05) is 39.2 Å². The third kappa shape index (κ3) is 4.03. The number of aromatic nitrogens is 1. The van der Waals surface area contributed by atoms with Crippen molar-refractivity contribution in [1.82, 2.24) is 9.88 Å². The SMILES string of the molecule is COc1ccc(C)c2sc(N(CCN(C)C)C(=O)c3ccc(C)cc3C)nc12. The first kappa shape index (κ1) is 20.3. The molecule has 148 valence electrons. The van der Waals surface area contributed by atoms with Gasteiger partial charge in [0.2, 0.25) is 0 Å². The Morgan fingerprint density at radius 1 is 1.07 bits per heavy atom. The number of amides is 1. The van der Waals surface area contributed by atoms with Crippen LogP contribution < -0.4 is 9.64 Å². The third-order valence-corrected chi connectivity index (χ3v) is 5.98. The molecule has 0 unspecified atom stereocenters. The van der Waals surface area contributed by atoms with Gasteiger partial charge in [0.1, 0.15) is 11.3 Å². The molecule has 0 fully saturated rings. The Balaban J connectivity index is 2.08. The molecule has 28 heavy (non-hydrogen) atoms. The number of hydrogen-bond donors (Lipinski definition) is 0. The zero-order valence-electron chi connectivity index (χ0n) is 17.4. The smallest absolute Gasteiger partial charge is 0.260 e. The summed E-state index contributed by atoms with van der Waals surface area (Å²) < 4.78 is 6.54. The molecule has 0 spiro atoms. The zero-order valence-corrected chi connectivity index (χ0v) is 18.2. The molecule has 0 aliphatic rings. The maximum absolute atomic E-state index is 13.4. The van der Waals surface area contributed by atoms with Crippen LogP contribution in [0.3, 0.4) is 0 Å². The minimum absolute atomic E-state index is 0.0185. The average molecular weight is 398 g/mol. The van der Waals surface area contributed by atoms with E-state index in [2.05, 4.69) is 11.8 Å². The molecule has 5 nitrogen and oxygen atoms in total. The van der Waals surface area contributed by atoms with E-state index in [0.29, 0.717) is 17.2 Å². The van der Waals surface area contributed by atoms with E-state index >= 15 is 0 Å². The topological polar surface area (TPSA) is 45.7 Å². The van der Waals surface area contributed by atoms with Gasteiger partial charge in [-0.15, -0.1) is 0 Å². The molecule has 6 heteroatoms. The molecule has 0 saturated carbocycles. The molecule has 0 saturated heterocycles. The van der Waals surface area contributed by atoms with Gasteiger partial charge in [0.05, 0.1) is 11.8 Å². The lowest BCUT2D eigenvalue weighted by Gasteiger charge is -2.23. The van der Waals surface area contributed by atoms with Gasteiger partial charge in [-0.25, -0.2) is 4.98 Å². The maximum Gasteiger partial charge on any atom is 0.260 e. The molecular formula is C22H27N3O2S. The Kier molecular flexibility index (Phi) is 6.01. The molecular weight excluding hydrogens is 370 g/mol. The second kappa shape index (κ2) is 8.29. The van der Waals surface area contributed by atoms with Gasteiger partial charge in [0.25, 0.3) is 5.91 Å². The van der Waals surface area contributed by atoms with E-state index in [1.165, 1.54) is 0 Å². The molecule has 0 N–H and O–H groups in total. The van der Waals surface area contributed by atoms with Gasteiger partial charge in [0.15, 0.2) is 5.13 Å². The van der Waals surface area contributed by atoms with Crippen LogP contribution in [0, 0.1) is 20.8 Å². The molecule has 2 aromatic carbocycles. The Morgan fingerprint density at radius 2 is 1.82 bits per heavy atom. The van der Waals surface area contributed by atoms with E-state index in [9.17, 15) is 4.79 Å². The Hall–Kier alpha value is -2.44. The van der Waals surface area contributed by atoms with Crippen molar-refractivity contribution in [3.63, 3.8) is 0 Å². The van der Waals surface area contributed by atoms with Gasteiger partial charge < -0.3 is 9.64 Å². The highest BCUT2D eigenvalue weighted by atomic mass is 32.1. The first-order valence-electron chi connectivity index (χ1n) is 9.29.